The third-order valence-electron chi connectivity index (χ3n) is 6.18. The lowest BCUT2D eigenvalue weighted by molar-refractivity contribution is -0.118. The van der Waals surface area contributed by atoms with Crippen LogP contribution in [0, 0.1) is 6.92 Å². The Morgan fingerprint density at radius 3 is 2.15 bits per heavy atom. The highest BCUT2D eigenvalue weighted by Crippen LogP contribution is 2.44. The Morgan fingerprint density at radius 1 is 0.941 bits per heavy atom. The van der Waals surface area contributed by atoms with E-state index in [0.29, 0.717) is 17.7 Å². The molecule has 0 spiro atoms. The van der Waals surface area contributed by atoms with Crippen LogP contribution in [0.1, 0.15) is 46.3 Å². The van der Waals surface area contributed by atoms with Gasteiger partial charge in [0, 0.05) is 11.6 Å². The minimum absolute atomic E-state index is 0.0755. The van der Waals surface area contributed by atoms with Gasteiger partial charge in [0.25, 0.3) is 0 Å². The van der Waals surface area contributed by atoms with Crippen molar-refractivity contribution in [1.29, 1.82) is 0 Å². The highest BCUT2D eigenvalue weighted by molar-refractivity contribution is 5.99. The lowest BCUT2D eigenvalue weighted by Gasteiger charge is -2.19. The fraction of sp³-hybridized carbons (Fsp3) is 0.222. The third-order valence-corrected chi connectivity index (χ3v) is 6.18. The molecule has 0 aliphatic heterocycles. The van der Waals surface area contributed by atoms with E-state index >= 15 is 0 Å². The highest BCUT2D eigenvalue weighted by atomic mass is 16.5. The van der Waals surface area contributed by atoms with Gasteiger partial charge < -0.3 is 20.5 Å². The minimum Gasteiger partial charge on any atom is -0.478 e. The zero-order valence-electron chi connectivity index (χ0n) is 19.0. The summed E-state index contributed by atoms with van der Waals surface area (Å²) in [6.07, 6.45) is -0.340. The monoisotopic (exact) mass is 458 g/mol. The average molecular weight is 459 g/mol. The van der Waals surface area contributed by atoms with E-state index in [-0.39, 0.29) is 18.1 Å². The molecule has 1 atom stereocenters. The predicted molar refractivity (Wildman–Crippen MR) is 129 cm³/mol. The number of fused-ring (bicyclic) bond motifs is 3. The molecule has 3 aromatic rings. The summed E-state index contributed by atoms with van der Waals surface area (Å²) in [6, 6.07) is 19.9. The number of carbonyl (C=O) groups excluding carboxylic acids is 2. The minimum atomic E-state index is -1.07. The normalized spacial score (nSPS) is 12.9. The Balaban J connectivity index is 1.40. The molecule has 0 radical (unpaired) electrons. The van der Waals surface area contributed by atoms with Crippen LogP contribution in [0.4, 0.5) is 10.5 Å². The first-order chi connectivity index (χ1) is 16.4. The average Bonchev–Trinajstić information content (AvgIpc) is 3.16. The van der Waals surface area contributed by atoms with Gasteiger partial charge >= 0.3 is 12.1 Å². The molecule has 0 saturated carbocycles. The molecule has 2 amide bonds. The number of carbonyl (C=O) groups is 3. The molecule has 0 bridgehead atoms. The van der Waals surface area contributed by atoms with Gasteiger partial charge in [-0.25, -0.2) is 9.59 Å². The van der Waals surface area contributed by atoms with Crippen LogP contribution in [0.2, 0.25) is 0 Å². The van der Waals surface area contributed by atoms with Crippen molar-refractivity contribution in [1.82, 2.24) is 5.32 Å². The number of amides is 2. The van der Waals surface area contributed by atoms with Gasteiger partial charge in [0.1, 0.15) is 12.6 Å². The summed E-state index contributed by atoms with van der Waals surface area (Å²) in [7, 11) is 0. The summed E-state index contributed by atoms with van der Waals surface area (Å²) >= 11 is 0. The van der Waals surface area contributed by atoms with Crippen LogP contribution in [0.15, 0.2) is 66.7 Å². The van der Waals surface area contributed by atoms with Gasteiger partial charge in [0.2, 0.25) is 5.91 Å². The number of anilines is 1. The quantitative estimate of drug-likeness (QED) is 0.465. The van der Waals surface area contributed by atoms with E-state index in [1.165, 1.54) is 6.07 Å². The fourth-order valence-corrected chi connectivity index (χ4v) is 4.36. The number of carboxylic acid groups (broad SMARTS) is 1. The second-order valence-corrected chi connectivity index (χ2v) is 8.20. The summed E-state index contributed by atoms with van der Waals surface area (Å²) in [4.78, 5) is 36.7. The molecule has 3 N–H and O–H groups in total. The van der Waals surface area contributed by atoms with Crippen molar-refractivity contribution in [2.24, 2.45) is 0 Å². The van der Waals surface area contributed by atoms with Gasteiger partial charge in [-0.1, -0.05) is 61.5 Å². The number of carboxylic acids is 1. The second-order valence-electron chi connectivity index (χ2n) is 8.20. The lowest BCUT2D eigenvalue weighted by atomic mass is 9.98. The summed E-state index contributed by atoms with van der Waals surface area (Å²) < 4.78 is 5.54. The molecule has 34 heavy (non-hydrogen) atoms. The van der Waals surface area contributed by atoms with Crippen LogP contribution in [-0.2, 0) is 9.53 Å². The Labute approximate surface area is 197 Å². The Bertz CT molecular complexity index is 1210. The smallest absolute Gasteiger partial charge is 0.407 e. The molecular formula is C27H26N2O5. The molecule has 3 aromatic carbocycles. The van der Waals surface area contributed by atoms with E-state index in [1.54, 1.807) is 26.0 Å². The van der Waals surface area contributed by atoms with Crippen LogP contribution in [0.5, 0.6) is 0 Å². The van der Waals surface area contributed by atoms with Crippen molar-refractivity contribution < 1.29 is 24.2 Å². The number of hydrogen-bond acceptors (Lipinski definition) is 4. The van der Waals surface area contributed by atoms with Crippen LogP contribution in [-0.4, -0.2) is 35.7 Å². The zero-order chi connectivity index (χ0) is 24.2. The molecule has 0 fully saturated rings. The Kier molecular flexibility index (Phi) is 6.63. The summed E-state index contributed by atoms with van der Waals surface area (Å²) in [5.74, 6) is -1.59. The summed E-state index contributed by atoms with van der Waals surface area (Å²) in [5, 5.41) is 14.6. The van der Waals surface area contributed by atoms with Crippen molar-refractivity contribution in [2.75, 3.05) is 11.9 Å². The standard InChI is InChI=1S/C27H26N2O5/c1-3-23(25(30)28-24-14-8-13-17(16(24)2)26(31)32)29-27(33)34-15-22-20-11-6-4-9-18(20)19-10-5-7-12-21(19)22/h4-14,22-23H,3,15H2,1-2H3,(H,28,30)(H,29,33)(H,31,32). The first-order valence-electron chi connectivity index (χ1n) is 11.2. The fourth-order valence-electron chi connectivity index (χ4n) is 4.36. The molecule has 174 valence electrons. The van der Waals surface area contributed by atoms with Gasteiger partial charge in [-0.2, -0.15) is 0 Å². The highest BCUT2D eigenvalue weighted by Gasteiger charge is 2.29. The molecule has 0 heterocycles. The summed E-state index contributed by atoms with van der Waals surface area (Å²) in [5.41, 5.74) is 5.42. The van der Waals surface area contributed by atoms with Gasteiger partial charge in [0.15, 0.2) is 0 Å². The molecule has 1 aliphatic carbocycles. The number of alkyl carbamates (subject to hydrolysis) is 1. The Hall–Kier alpha value is -4.13. The van der Waals surface area contributed by atoms with Crippen molar-refractivity contribution in [3.63, 3.8) is 0 Å². The lowest BCUT2D eigenvalue weighted by Crippen LogP contribution is -2.44. The molecule has 1 aliphatic rings. The van der Waals surface area contributed by atoms with Gasteiger partial charge in [0.05, 0.1) is 5.56 Å². The van der Waals surface area contributed by atoms with E-state index in [0.717, 1.165) is 22.3 Å². The molecule has 0 saturated heterocycles. The molecule has 7 heteroatoms. The van der Waals surface area contributed by atoms with Crippen molar-refractivity contribution >= 4 is 23.7 Å². The van der Waals surface area contributed by atoms with Crippen LogP contribution in [0.25, 0.3) is 11.1 Å². The largest absolute Gasteiger partial charge is 0.478 e. The molecule has 7 nitrogen and oxygen atoms in total. The number of aromatic carboxylic acids is 1. The van der Waals surface area contributed by atoms with Gasteiger partial charge in [-0.15, -0.1) is 0 Å². The number of hydrogen-bond donors (Lipinski definition) is 3. The number of ether oxygens (including phenoxy) is 1. The van der Waals surface area contributed by atoms with Crippen molar-refractivity contribution in [3.8, 4) is 11.1 Å². The van der Waals surface area contributed by atoms with Gasteiger partial charge in [-0.3, -0.25) is 4.79 Å². The maximum Gasteiger partial charge on any atom is 0.407 e. The third kappa shape index (κ3) is 4.50. The molecule has 1 unspecified atom stereocenters. The van der Waals surface area contributed by atoms with Crippen molar-refractivity contribution in [2.45, 2.75) is 32.2 Å². The first-order valence-corrected chi connectivity index (χ1v) is 11.2. The summed E-state index contributed by atoms with van der Waals surface area (Å²) in [6.45, 7) is 3.55. The molecular weight excluding hydrogens is 432 g/mol. The number of benzene rings is 3. The SMILES string of the molecule is CCC(NC(=O)OCC1c2ccccc2-c2ccccc21)C(=O)Nc1cccc(C(=O)O)c1C. The second kappa shape index (κ2) is 9.79. The maximum atomic E-state index is 12.8. The zero-order valence-corrected chi connectivity index (χ0v) is 19.0. The molecule has 4 rings (SSSR count). The maximum absolute atomic E-state index is 12.8. The topological polar surface area (TPSA) is 105 Å². The first kappa shape index (κ1) is 23.0. The van der Waals surface area contributed by atoms with Crippen LogP contribution < -0.4 is 10.6 Å². The van der Waals surface area contributed by atoms with E-state index in [1.807, 2.05) is 36.4 Å². The van der Waals surface area contributed by atoms with E-state index < -0.39 is 24.0 Å². The van der Waals surface area contributed by atoms with E-state index in [2.05, 4.69) is 22.8 Å². The molecule has 0 aromatic heterocycles. The Morgan fingerprint density at radius 2 is 1.56 bits per heavy atom. The van der Waals surface area contributed by atoms with E-state index in [4.69, 9.17) is 4.74 Å². The number of rotatable bonds is 7. The predicted octanol–water partition coefficient (Wildman–Crippen LogP) is 4.95. The van der Waals surface area contributed by atoms with E-state index in [9.17, 15) is 19.5 Å². The van der Waals surface area contributed by atoms with Crippen LogP contribution in [0.3, 0.4) is 0 Å². The number of nitrogens with one attached hydrogen (secondary N) is 2. The van der Waals surface area contributed by atoms with Gasteiger partial charge in [-0.05, 0) is 53.3 Å². The van der Waals surface area contributed by atoms with Crippen molar-refractivity contribution in [3.05, 3.63) is 89.0 Å². The van der Waals surface area contributed by atoms with Crippen LogP contribution >= 0.6 is 0 Å².